The molecule has 1 aromatic rings. The van der Waals surface area contributed by atoms with Gasteiger partial charge in [-0.2, -0.15) is 9.40 Å². The first kappa shape index (κ1) is 14.0. The SMILES string of the molecule is O=S(=O)(c1cnn(CCCNC2CC2)c1)N1CCCC1. The third-order valence-electron chi connectivity index (χ3n) is 3.89. The highest BCUT2D eigenvalue weighted by Crippen LogP contribution is 2.20. The van der Waals surface area contributed by atoms with Gasteiger partial charge in [0.2, 0.25) is 10.0 Å². The smallest absolute Gasteiger partial charge is 0.246 e. The number of nitrogens with one attached hydrogen (secondary N) is 1. The summed E-state index contributed by atoms with van der Waals surface area (Å²) in [5.41, 5.74) is 0. The first-order valence-electron chi connectivity index (χ1n) is 7.42. The summed E-state index contributed by atoms with van der Waals surface area (Å²) in [5, 5.41) is 7.61. The molecule has 0 radical (unpaired) electrons. The molecule has 0 atom stereocenters. The molecule has 1 aliphatic heterocycles. The maximum absolute atomic E-state index is 12.3. The van der Waals surface area contributed by atoms with Crippen LogP contribution in [0.1, 0.15) is 32.1 Å². The molecule has 0 bridgehead atoms. The Balaban J connectivity index is 1.54. The van der Waals surface area contributed by atoms with Crippen LogP contribution in [0.15, 0.2) is 17.3 Å². The van der Waals surface area contributed by atoms with Crippen LogP contribution in [0.5, 0.6) is 0 Å². The highest BCUT2D eigenvalue weighted by Gasteiger charge is 2.28. The van der Waals surface area contributed by atoms with Crippen LogP contribution in [0.2, 0.25) is 0 Å². The van der Waals surface area contributed by atoms with Crippen molar-refractivity contribution in [3.63, 3.8) is 0 Å². The fraction of sp³-hybridized carbons (Fsp3) is 0.769. The minimum atomic E-state index is -3.32. The molecule has 2 aliphatic rings. The summed E-state index contributed by atoms with van der Waals surface area (Å²) in [6.07, 6.45) is 8.61. The van der Waals surface area contributed by atoms with Gasteiger partial charge in [-0.25, -0.2) is 8.42 Å². The van der Waals surface area contributed by atoms with Gasteiger partial charge in [-0.15, -0.1) is 0 Å². The summed E-state index contributed by atoms with van der Waals surface area (Å²) < 4.78 is 28.0. The zero-order valence-corrected chi connectivity index (χ0v) is 12.5. The third kappa shape index (κ3) is 3.21. The molecule has 1 saturated heterocycles. The summed E-state index contributed by atoms with van der Waals surface area (Å²) >= 11 is 0. The Bertz CT molecular complexity index is 544. The second kappa shape index (κ2) is 5.83. The van der Waals surface area contributed by atoms with Crippen molar-refractivity contribution in [1.82, 2.24) is 19.4 Å². The van der Waals surface area contributed by atoms with E-state index >= 15 is 0 Å². The van der Waals surface area contributed by atoms with E-state index < -0.39 is 10.0 Å². The van der Waals surface area contributed by atoms with Gasteiger partial charge >= 0.3 is 0 Å². The van der Waals surface area contributed by atoms with Crippen molar-refractivity contribution >= 4 is 10.0 Å². The normalized spacial score (nSPS) is 20.6. The van der Waals surface area contributed by atoms with E-state index in [0.29, 0.717) is 18.0 Å². The summed E-state index contributed by atoms with van der Waals surface area (Å²) in [6.45, 7) is 3.01. The van der Waals surface area contributed by atoms with Crippen molar-refractivity contribution in [1.29, 1.82) is 0 Å². The van der Waals surface area contributed by atoms with Gasteiger partial charge in [-0.05, 0) is 38.6 Å². The Morgan fingerprint density at radius 2 is 2.05 bits per heavy atom. The van der Waals surface area contributed by atoms with E-state index in [1.807, 2.05) is 0 Å². The number of rotatable bonds is 7. The highest BCUT2D eigenvalue weighted by atomic mass is 32.2. The Morgan fingerprint density at radius 1 is 1.30 bits per heavy atom. The van der Waals surface area contributed by atoms with E-state index in [9.17, 15) is 8.42 Å². The zero-order chi connectivity index (χ0) is 14.0. The lowest BCUT2D eigenvalue weighted by Gasteiger charge is -2.13. The first-order chi connectivity index (χ1) is 9.66. The maximum atomic E-state index is 12.3. The molecule has 2 fully saturated rings. The number of aryl methyl sites for hydroxylation is 1. The summed E-state index contributed by atoms with van der Waals surface area (Å²) in [4.78, 5) is 0.328. The van der Waals surface area contributed by atoms with Gasteiger partial charge < -0.3 is 5.32 Å². The van der Waals surface area contributed by atoms with Gasteiger partial charge in [0.15, 0.2) is 0 Å². The Hall–Kier alpha value is -0.920. The van der Waals surface area contributed by atoms with E-state index in [0.717, 1.165) is 38.4 Å². The number of aromatic nitrogens is 2. The molecule has 20 heavy (non-hydrogen) atoms. The van der Waals surface area contributed by atoms with Gasteiger partial charge in [0, 0.05) is 31.9 Å². The molecule has 112 valence electrons. The molecule has 0 unspecified atom stereocenters. The van der Waals surface area contributed by atoms with Crippen LogP contribution < -0.4 is 5.32 Å². The minimum Gasteiger partial charge on any atom is -0.314 e. The maximum Gasteiger partial charge on any atom is 0.246 e. The molecule has 1 aromatic heterocycles. The minimum absolute atomic E-state index is 0.328. The predicted molar refractivity (Wildman–Crippen MR) is 75.9 cm³/mol. The summed E-state index contributed by atoms with van der Waals surface area (Å²) in [5.74, 6) is 0. The molecule has 0 amide bonds. The largest absolute Gasteiger partial charge is 0.314 e. The Morgan fingerprint density at radius 3 is 2.75 bits per heavy atom. The van der Waals surface area contributed by atoms with Gasteiger partial charge in [-0.1, -0.05) is 0 Å². The van der Waals surface area contributed by atoms with Crippen LogP contribution in [-0.4, -0.2) is 48.2 Å². The monoisotopic (exact) mass is 298 g/mol. The number of hydrogen-bond acceptors (Lipinski definition) is 4. The lowest BCUT2D eigenvalue weighted by molar-refractivity contribution is 0.477. The lowest BCUT2D eigenvalue weighted by Crippen LogP contribution is -2.27. The van der Waals surface area contributed by atoms with Gasteiger partial charge in [0.1, 0.15) is 4.90 Å². The molecule has 0 aromatic carbocycles. The van der Waals surface area contributed by atoms with Crippen LogP contribution in [0, 0.1) is 0 Å². The molecule has 0 spiro atoms. The molecule has 2 heterocycles. The van der Waals surface area contributed by atoms with Crippen molar-refractivity contribution in [2.45, 2.75) is 49.6 Å². The van der Waals surface area contributed by atoms with Crippen LogP contribution in [-0.2, 0) is 16.6 Å². The van der Waals surface area contributed by atoms with Crippen LogP contribution in [0.3, 0.4) is 0 Å². The molecule has 1 saturated carbocycles. The summed E-state index contributed by atoms with van der Waals surface area (Å²) in [7, 11) is -3.32. The number of sulfonamides is 1. The van der Waals surface area contributed by atoms with Gasteiger partial charge in [0.25, 0.3) is 0 Å². The highest BCUT2D eigenvalue weighted by molar-refractivity contribution is 7.89. The topological polar surface area (TPSA) is 67.2 Å². The fourth-order valence-electron chi connectivity index (χ4n) is 2.51. The standard InChI is InChI=1S/C13H22N4O2S/c18-20(19,17-8-1-2-9-17)13-10-15-16(11-13)7-3-6-14-12-4-5-12/h10-12,14H,1-9H2. The van der Waals surface area contributed by atoms with Gasteiger partial charge in [0.05, 0.1) is 6.20 Å². The average molecular weight is 298 g/mol. The van der Waals surface area contributed by atoms with Crippen LogP contribution in [0.25, 0.3) is 0 Å². The second-order valence-corrected chi connectivity index (χ2v) is 7.57. The van der Waals surface area contributed by atoms with E-state index in [1.165, 1.54) is 19.0 Å². The van der Waals surface area contributed by atoms with E-state index in [4.69, 9.17) is 0 Å². The number of hydrogen-bond donors (Lipinski definition) is 1. The summed E-state index contributed by atoms with van der Waals surface area (Å²) in [6, 6.07) is 0.721. The van der Waals surface area contributed by atoms with Crippen molar-refractivity contribution in [3.05, 3.63) is 12.4 Å². The first-order valence-corrected chi connectivity index (χ1v) is 8.86. The quantitative estimate of drug-likeness (QED) is 0.757. The Labute approximate surface area is 120 Å². The third-order valence-corrected chi connectivity index (χ3v) is 5.74. The molecular weight excluding hydrogens is 276 g/mol. The number of nitrogens with zero attached hydrogens (tertiary/aromatic N) is 3. The molecule has 1 N–H and O–H groups in total. The molecule has 1 aliphatic carbocycles. The van der Waals surface area contributed by atoms with Crippen molar-refractivity contribution in [3.8, 4) is 0 Å². The van der Waals surface area contributed by atoms with Crippen molar-refractivity contribution in [2.75, 3.05) is 19.6 Å². The molecular formula is C13H22N4O2S. The Kier molecular flexibility index (Phi) is 4.09. The molecule has 3 rings (SSSR count). The van der Waals surface area contributed by atoms with Crippen molar-refractivity contribution in [2.24, 2.45) is 0 Å². The van der Waals surface area contributed by atoms with E-state index in [1.54, 1.807) is 15.2 Å². The van der Waals surface area contributed by atoms with E-state index in [-0.39, 0.29) is 0 Å². The van der Waals surface area contributed by atoms with Crippen molar-refractivity contribution < 1.29 is 8.42 Å². The molecule has 7 heteroatoms. The average Bonchev–Trinajstić information content (AvgIpc) is 2.95. The van der Waals surface area contributed by atoms with Gasteiger partial charge in [-0.3, -0.25) is 4.68 Å². The molecule has 6 nitrogen and oxygen atoms in total. The van der Waals surface area contributed by atoms with Crippen LogP contribution in [0.4, 0.5) is 0 Å². The zero-order valence-electron chi connectivity index (χ0n) is 11.7. The lowest BCUT2D eigenvalue weighted by atomic mass is 10.4. The fourth-order valence-corrected chi connectivity index (χ4v) is 3.98. The van der Waals surface area contributed by atoms with E-state index in [2.05, 4.69) is 10.4 Å². The van der Waals surface area contributed by atoms with Crippen LogP contribution >= 0.6 is 0 Å². The predicted octanol–water partition coefficient (Wildman–Crippen LogP) is 0.810. The second-order valence-electron chi connectivity index (χ2n) is 5.63.